The molecule has 3 N–H and O–H groups in total. The molecule has 0 aromatic heterocycles. The molecule has 2 aliphatic rings. The monoisotopic (exact) mass is 246 g/mol. The van der Waals surface area contributed by atoms with Gasteiger partial charge in [0.15, 0.2) is 0 Å². The van der Waals surface area contributed by atoms with Crippen LogP contribution in [0.2, 0.25) is 0 Å². The quantitative estimate of drug-likeness (QED) is 0.712. The van der Waals surface area contributed by atoms with Crippen molar-refractivity contribution >= 4 is 5.91 Å². The van der Waals surface area contributed by atoms with E-state index in [1.165, 1.54) is 5.56 Å². The number of fused-ring (bicyclic) bond motifs is 1. The molecule has 1 unspecified atom stereocenters. The van der Waals surface area contributed by atoms with Gasteiger partial charge in [0.25, 0.3) is 0 Å². The lowest BCUT2D eigenvalue weighted by atomic mass is 9.86. The molecule has 18 heavy (non-hydrogen) atoms. The van der Waals surface area contributed by atoms with E-state index < -0.39 is 0 Å². The van der Waals surface area contributed by atoms with Gasteiger partial charge in [-0.25, -0.2) is 0 Å². The van der Waals surface area contributed by atoms with E-state index in [1.54, 1.807) is 0 Å². The van der Waals surface area contributed by atoms with Gasteiger partial charge < -0.3 is 15.7 Å². The third kappa shape index (κ3) is 2.13. The Morgan fingerprint density at radius 2 is 2.11 bits per heavy atom. The van der Waals surface area contributed by atoms with Crippen molar-refractivity contribution < 1.29 is 9.90 Å². The number of amides is 1. The number of carbonyl (C=O) groups excluding carboxylic acids is 1. The van der Waals surface area contributed by atoms with Crippen LogP contribution in [0.5, 0.6) is 0 Å². The first-order chi connectivity index (χ1) is 8.74. The number of benzene rings is 1. The highest BCUT2D eigenvalue weighted by Gasteiger charge is 2.32. The largest absolute Gasteiger partial charge is 0.393 e. The van der Waals surface area contributed by atoms with E-state index >= 15 is 0 Å². The lowest BCUT2D eigenvalue weighted by molar-refractivity contribution is -0.124. The Bertz CT molecular complexity index is 455. The molecule has 0 bridgehead atoms. The minimum absolute atomic E-state index is 0.0755. The zero-order chi connectivity index (χ0) is 12.5. The number of rotatable bonds is 2. The van der Waals surface area contributed by atoms with Crippen molar-refractivity contribution in [1.82, 2.24) is 10.6 Å². The number of aliphatic hydroxyl groups is 1. The number of aliphatic hydroxyl groups excluding tert-OH is 1. The summed E-state index contributed by atoms with van der Waals surface area (Å²) < 4.78 is 0. The zero-order valence-electron chi connectivity index (χ0n) is 10.2. The number of hydrogen-bond acceptors (Lipinski definition) is 3. The number of carbonyl (C=O) groups is 1. The van der Waals surface area contributed by atoms with Crippen molar-refractivity contribution in [2.75, 3.05) is 6.54 Å². The standard InChI is InChI=1S/C14H18N2O2/c17-11-5-10(6-11)16-14(18)13-8-15-7-9-3-1-2-4-12(9)13/h1-4,10-11,13,15,17H,5-8H2,(H,16,18). The predicted octanol–water partition coefficient (Wildman–Crippen LogP) is 0.513. The van der Waals surface area contributed by atoms with Crippen LogP contribution in [0, 0.1) is 0 Å². The molecule has 0 radical (unpaired) electrons. The Hall–Kier alpha value is -1.39. The van der Waals surface area contributed by atoms with Crippen LogP contribution in [0.3, 0.4) is 0 Å². The highest BCUT2D eigenvalue weighted by molar-refractivity contribution is 5.85. The van der Waals surface area contributed by atoms with E-state index in [0.717, 1.165) is 12.1 Å². The first kappa shape index (κ1) is 11.7. The highest BCUT2D eigenvalue weighted by Crippen LogP contribution is 2.26. The molecule has 1 aromatic carbocycles. The molecular weight excluding hydrogens is 228 g/mol. The molecule has 1 heterocycles. The summed E-state index contributed by atoms with van der Waals surface area (Å²) in [5.74, 6) is -0.0285. The first-order valence-electron chi connectivity index (χ1n) is 6.51. The van der Waals surface area contributed by atoms with Crippen LogP contribution in [0.1, 0.15) is 29.9 Å². The van der Waals surface area contributed by atoms with Crippen molar-refractivity contribution in [3.8, 4) is 0 Å². The number of nitrogens with one attached hydrogen (secondary N) is 2. The van der Waals surface area contributed by atoms with Gasteiger partial charge >= 0.3 is 0 Å². The van der Waals surface area contributed by atoms with E-state index in [1.807, 2.05) is 18.2 Å². The second-order valence-corrected chi connectivity index (χ2v) is 5.21. The molecule has 1 aliphatic heterocycles. The molecule has 4 nitrogen and oxygen atoms in total. The molecule has 3 rings (SSSR count). The minimum atomic E-state index is -0.230. The molecule has 0 spiro atoms. The molecule has 1 saturated carbocycles. The summed E-state index contributed by atoms with van der Waals surface area (Å²) in [5, 5.41) is 15.5. The van der Waals surface area contributed by atoms with Gasteiger partial charge in [0, 0.05) is 19.1 Å². The van der Waals surface area contributed by atoms with Crippen molar-refractivity contribution in [2.24, 2.45) is 0 Å². The Morgan fingerprint density at radius 3 is 2.89 bits per heavy atom. The first-order valence-corrected chi connectivity index (χ1v) is 6.51. The Balaban J connectivity index is 1.71. The van der Waals surface area contributed by atoms with Gasteiger partial charge in [0.1, 0.15) is 0 Å². The van der Waals surface area contributed by atoms with Crippen molar-refractivity contribution in [3.05, 3.63) is 35.4 Å². The summed E-state index contributed by atoms with van der Waals surface area (Å²) in [6.07, 6.45) is 1.15. The maximum Gasteiger partial charge on any atom is 0.229 e. The van der Waals surface area contributed by atoms with Gasteiger partial charge in [-0.2, -0.15) is 0 Å². The van der Waals surface area contributed by atoms with Gasteiger partial charge in [0.2, 0.25) is 5.91 Å². The topological polar surface area (TPSA) is 61.4 Å². The highest BCUT2D eigenvalue weighted by atomic mass is 16.3. The summed E-state index contributed by atoms with van der Waals surface area (Å²) in [7, 11) is 0. The number of hydrogen-bond donors (Lipinski definition) is 3. The molecular formula is C14H18N2O2. The lowest BCUT2D eigenvalue weighted by Gasteiger charge is -2.34. The van der Waals surface area contributed by atoms with Crippen molar-refractivity contribution in [2.45, 2.75) is 37.5 Å². The third-order valence-electron chi connectivity index (χ3n) is 3.87. The van der Waals surface area contributed by atoms with Gasteiger partial charge in [-0.15, -0.1) is 0 Å². The van der Waals surface area contributed by atoms with E-state index in [9.17, 15) is 9.90 Å². The van der Waals surface area contributed by atoms with E-state index in [0.29, 0.717) is 19.4 Å². The summed E-state index contributed by atoms with van der Waals surface area (Å²) in [4.78, 5) is 12.2. The average molecular weight is 246 g/mol. The molecule has 1 fully saturated rings. The van der Waals surface area contributed by atoms with Gasteiger partial charge in [0.05, 0.1) is 12.0 Å². The average Bonchev–Trinajstić information content (AvgIpc) is 2.36. The molecule has 4 heteroatoms. The maximum absolute atomic E-state index is 12.2. The Morgan fingerprint density at radius 1 is 1.33 bits per heavy atom. The second kappa shape index (κ2) is 4.71. The van der Waals surface area contributed by atoms with Crippen LogP contribution in [0.25, 0.3) is 0 Å². The fourth-order valence-electron chi connectivity index (χ4n) is 2.74. The fourth-order valence-corrected chi connectivity index (χ4v) is 2.74. The van der Waals surface area contributed by atoms with E-state index in [4.69, 9.17) is 0 Å². The van der Waals surface area contributed by atoms with Gasteiger partial charge in [-0.1, -0.05) is 24.3 Å². The molecule has 96 valence electrons. The Kier molecular flexibility index (Phi) is 3.06. The van der Waals surface area contributed by atoms with E-state index in [2.05, 4.69) is 16.7 Å². The van der Waals surface area contributed by atoms with Gasteiger partial charge in [-0.05, 0) is 24.0 Å². The molecule has 1 aliphatic carbocycles. The van der Waals surface area contributed by atoms with Crippen LogP contribution in [0.4, 0.5) is 0 Å². The predicted molar refractivity (Wildman–Crippen MR) is 68.1 cm³/mol. The van der Waals surface area contributed by atoms with Gasteiger partial charge in [-0.3, -0.25) is 4.79 Å². The fraction of sp³-hybridized carbons (Fsp3) is 0.500. The van der Waals surface area contributed by atoms with Crippen LogP contribution in [-0.2, 0) is 11.3 Å². The molecule has 1 atom stereocenters. The SMILES string of the molecule is O=C(NC1CC(O)C1)C1CNCc2ccccc21. The molecule has 1 aromatic rings. The lowest BCUT2D eigenvalue weighted by Crippen LogP contribution is -2.50. The van der Waals surface area contributed by atoms with Crippen LogP contribution in [0.15, 0.2) is 24.3 Å². The molecule has 0 saturated heterocycles. The normalized spacial score (nSPS) is 30.2. The van der Waals surface area contributed by atoms with Crippen LogP contribution < -0.4 is 10.6 Å². The minimum Gasteiger partial charge on any atom is -0.393 e. The maximum atomic E-state index is 12.2. The van der Waals surface area contributed by atoms with Crippen molar-refractivity contribution in [3.63, 3.8) is 0 Å². The summed E-state index contributed by atoms with van der Waals surface area (Å²) in [6.45, 7) is 1.53. The smallest absolute Gasteiger partial charge is 0.229 e. The van der Waals surface area contributed by atoms with E-state index in [-0.39, 0.29) is 24.0 Å². The van der Waals surface area contributed by atoms with Crippen molar-refractivity contribution in [1.29, 1.82) is 0 Å². The summed E-state index contributed by atoms with van der Waals surface area (Å²) in [5.41, 5.74) is 2.34. The van der Waals surface area contributed by atoms with Crippen LogP contribution >= 0.6 is 0 Å². The summed E-state index contributed by atoms with van der Waals surface area (Å²) in [6, 6.07) is 8.24. The third-order valence-corrected chi connectivity index (χ3v) is 3.87. The molecule has 1 amide bonds. The second-order valence-electron chi connectivity index (χ2n) is 5.21. The zero-order valence-corrected chi connectivity index (χ0v) is 10.2. The van der Waals surface area contributed by atoms with Crippen LogP contribution in [-0.4, -0.2) is 29.7 Å². The summed E-state index contributed by atoms with van der Waals surface area (Å²) >= 11 is 0. The Labute approximate surface area is 106 Å².